The summed E-state index contributed by atoms with van der Waals surface area (Å²) in [6.45, 7) is 7.89. The lowest BCUT2D eigenvalue weighted by atomic mass is 9.76. The van der Waals surface area contributed by atoms with Crippen LogP contribution in [0.1, 0.15) is 40.0 Å². The first-order valence-electron chi connectivity index (χ1n) is 7.85. The molecule has 0 radical (unpaired) electrons. The van der Waals surface area contributed by atoms with Crippen molar-refractivity contribution in [2.45, 2.75) is 46.1 Å². The van der Waals surface area contributed by atoms with Crippen molar-refractivity contribution in [3.63, 3.8) is 0 Å². The zero-order valence-electron chi connectivity index (χ0n) is 13.2. The van der Waals surface area contributed by atoms with Gasteiger partial charge in [-0.3, -0.25) is 4.79 Å². The number of nitrogens with one attached hydrogen (secondary N) is 2. The first kappa shape index (κ1) is 15.8. The van der Waals surface area contributed by atoms with Gasteiger partial charge in [0.25, 0.3) is 0 Å². The van der Waals surface area contributed by atoms with Gasteiger partial charge in [0.2, 0.25) is 5.91 Å². The number of anilines is 1. The van der Waals surface area contributed by atoms with E-state index in [-0.39, 0.29) is 17.4 Å². The summed E-state index contributed by atoms with van der Waals surface area (Å²) in [5.41, 5.74) is 0.512. The van der Waals surface area contributed by atoms with Crippen molar-refractivity contribution in [2.24, 2.45) is 5.41 Å². The normalized spacial score (nSPS) is 17.5. The van der Waals surface area contributed by atoms with E-state index in [1.165, 1.54) is 0 Å². The monoisotopic (exact) mass is 290 g/mol. The second-order valence-corrected chi connectivity index (χ2v) is 6.00. The number of rotatable bonds is 5. The fraction of sp³-hybridized carbons (Fsp3) is 0.588. The van der Waals surface area contributed by atoms with Crippen molar-refractivity contribution in [1.29, 1.82) is 0 Å². The van der Waals surface area contributed by atoms with Crippen molar-refractivity contribution in [3.05, 3.63) is 24.3 Å². The van der Waals surface area contributed by atoms with Crippen LogP contribution < -0.4 is 15.4 Å². The molecule has 2 rings (SSSR count). The Labute approximate surface area is 127 Å². The van der Waals surface area contributed by atoms with E-state index in [2.05, 4.69) is 17.6 Å². The molecular weight excluding hydrogens is 264 g/mol. The van der Waals surface area contributed by atoms with Crippen molar-refractivity contribution in [3.8, 4) is 5.75 Å². The number of ether oxygens (including phenoxy) is 1. The summed E-state index contributed by atoms with van der Waals surface area (Å²) in [5.74, 6) is 0.854. The largest absolute Gasteiger partial charge is 0.489 e. The summed E-state index contributed by atoms with van der Waals surface area (Å²) in [6, 6.07) is 7.65. The average molecular weight is 290 g/mol. The summed E-state index contributed by atoms with van der Waals surface area (Å²) in [6.07, 6.45) is 2.74. The first-order valence-corrected chi connectivity index (χ1v) is 7.85. The molecule has 0 aliphatic carbocycles. The molecule has 0 atom stereocenters. The van der Waals surface area contributed by atoms with Gasteiger partial charge in [-0.05, 0) is 58.3 Å². The molecule has 0 spiro atoms. The Kier molecular flexibility index (Phi) is 5.23. The summed E-state index contributed by atoms with van der Waals surface area (Å²) in [5, 5.41) is 6.41. The van der Waals surface area contributed by atoms with Gasteiger partial charge in [-0.25, -0.2) is 0 Å². The summed E-state index contributed by atoms with van der Waals surface area (Å²) in [7, 11) is 0. The number of piperidine rings is 1. The lowest BCUT2D eigenvalue weighted by molar-refractivity contribution is -0.127. The molecule has 1 aliphatic heterocycles. The Bertz CT molecular complexity index is 479. The molecular formula is C17H26N2O2. The predicted octanol–water partition coefficient (Wildman–Crippen LogP) is 3.19. The van der Waals surface area contributed by atoms with Gasteiger partial charge in [0.15, 0.2) is 0 Å². The van der Waals surface area contributed by atoms with Crippen LogP contribution in [0.4, 0.5) is 5.69 Å². The van der Waals surface area contributed by atoms with Crippen LogP contribution in [0.25, 0.3) is 0 Å². The van der Waals surface area contributed by atoms with Crippen LogP contribution in [0, 0.1) is 5.41 Å². The highest BCUT2D eigenvalue weighted by molar-refractivity contribution is 5.96. The third-order valence-electron chi connectivity index (χ3n) is 4.22. The quantitative estimate of drug-likeness (QED) is 0.875. The molecule has 4 heteroatoms. The van der Waals surface area contributed by atoms with E-state index in [1.807, 2.05) is 38.1 Å². The fourth-order valence-electron chi connectivity index (χ4n) is 2.83. The molecule has 0 saturated carbocycles. The van der Waals surface area contributed by atoms with E-state index in [9.17, 15) is 4.79 Å². The highest BCUT2D eigenvalue weighted by Gasteiger charge is 2.37. The van der Waals surface area contributed by atoms with Gasteiger partial charge in [0.05, 0.1) is 17.2 Å². The minimum atomic E-state index is -0.254. The average Bonchev–Trinajstić information content (AvgIpc) is 2.49. The lowest BCUT2D eigenvalue weighted by Gasteiger charge is -2.35. The van der Waals surface area contributed by atoms with Crippen LogP contribution in [-0.4, -0.2) is 25.1 Å². The van der Waals surface area contributed by atoms with Gasteiger partial charge in [-0.1, -0.05) is 19.1 Å². The molecule has 1 heterocycles. The standard InChI is InChI=1S/C17H26N2O2/c1-4-17(9-11-18-12-10-17)16(20)19-14-7-5-6-8-15(14)21-13(2)3/h5-8,13,18H,4,9-12H2,1-3H3,(H,19,20). The van der Waals surface area contributed by atoms with Crippen LogP contribution >= 0.6 is 0 Å². The maximum atomic E-state index is 12.8. The third kappa shape index (κ3) is 3.76. The van der Waals surface area contributed by atoms with Crippen LogP contribution in [0.2, 0.25) is 0 Å². The highest BCUT2D eigenvalue weighted by atomic mass is 16.5. The van der Waals surface area contributed by atoms with Gasteiger partial charge in [0, 0.05) is 0 Å². The predicted molar refractivity (Wildman–Crippen MR) is 85.7 cm³/mol. The number of benzene rings is 1. The van der Waals surface area contributed by atoms with Gasteiger partial charge < -0.3 is 15.4 Å². The molecule has 1 aromatic carbocycles. The molecule has 1 fully saturated rings. The lowest BCUT2D eigenvalue weighted by Crippen LogP contribution is -2.44. The Morgan fingerprint density at radius 3 is 2.62 bits per heavy atom. The van der Waals surface area contributed by atoms with Crippen molar-refractivity contribution in [2.75, 3.05) is 18.4 Å². The molecule has 116 valence electrons. The second kappa shape index (κ2) is 6.94. The maximum absolute atomic E-state index is 12.8. The highest BCUT2D eigenvalue weighted by Crippen LogP contribution is 2.35. The van der Waals surface area contributed by atoms with Gasteiger partial charge in [-0.2, -0.15) is 0 Å². The second-order valence-electron chi connectivity index (χ2n) is 6.00. The smallest absolute Gasteiger partial charge is 0.230 e. The van der Waals surface area contributed by atoms with Gasteiger partial charge in [-0.15, -0.1) is 0 Å². The van der Waals surface area contributed by atoms with Crippen LogP contribution in [0.3, 0.4) is 0 Å². The minimum Gasteiger partial charge on any atom is -0.489 e. The first-order chi connectivity index (χ1) is 10.1. The number of amides is 1. The summed E-state index contributed by atoms with van der Waals surface area (Å²) >= 11 is 0. The SMILES string of the molecule is CCC1(C(=O)Nc2ccccc2OC(C)C)CCNCC1. The van der Waals surface area contributed by atoms with E-state index < -0.39 is 0 Å². The van der Waals surface area contributed by atoms with E-state index in [0.29, 0.717) is 0 Å². The molecule has 1 aliphatic rings. The van der Waals surface area contributed by atoms with Crippen molar-refractivity contribution in [1.82, 2.24) is 5.32 Å². The summed E-state index contributed by atoms with van der Waals surface area (Å²) in [4.78, 5) is 12.8. The molecule has 1 aromatic rings. The molecule has 1 saturated heterocycles. The third-order valence-corrected chi connectivity index (χ3v) is 4.22. The van der Waals surface area contributed by atoms with Crippen molar-refractivity contribution >= 4 is 11.6 Å². The number of hydrogen-bond donors (Lipinski definition) is 2. The van der Waals surface area contributed by atoms with Crippen LogP contribution in [0.15, 0.2) is 24.3 Å². The molecule has 4 nitrogen and oxygen atoms in total. The van der Waals surface area contributed by atoms with Crippen LogP contribution in [-0.2, 0) is 4.79 Å². The summed E-state index contributed by atoms with van der Waals surface area (Å²) < 4.78 is 5.77. The molecule has 2 N–H and O–H groups in total. The maximum Gasteiger partial charge on any atom is 0.230 e. The topological polar surface area (TPSA) is 50.4 Å². The molecule has 0 bridgehead atoms. The molecule has 0 aromatic heterocycles. The Balaban J connectivity index is 2.15. The molecule has 0 unspecified atom stereocenters. The van der Waals surface area contributed by atoms with Gasteiger partial charge in [0.1, 0.15) is 5.75 Å². The number of carbonyl (C=O) groups is 1. The molecule has 1 amide bonds. The number of carbonyl (C=O) groups excluding carboxylic acids is 1. The Morgan fingerprint density at radius 2 is 2.00 bits per heavy atom. The van der Waals surface area contributed by atoms with Gasteiger partial charge >= 0.3 is 0 Å². The zero-order valence-corrected chi connectivity index (χ0v) is 13.2. The van der Waals surface area contributed by atoms with E-state index >= 15 is 0 Å². The molecule has 21 heavy (non-hydrogen) atoms. The van der Waals surface area contributed by atoms with E-state index in [4.69, 9.17) is 4.74 Å². The Morgan fingerprint density at radius 1 is 1.33 bits per heavy atom. The Hall–Kier alpha value is -1.55. The number of para-hydroxylation sites is 2. The minimum absolute atomic E-state index is 0.0852. The van der Waals surface area contributed by atoms with Crippen LogP contribution in [0.5, 0.6) is 5.75 Å². The number of hydrogen-bond acceptors (Lipinski definition) is 3. The zero-order chi connectivity index (χ0) is 15.3. The van der Waals surface area contributed by atoms with E-state index in [0.717, 1.165) is 43.8 Å². The van der Waals surface area contributed by atoms with Crippen molar-refractivity contribution < 1.29 is 9.53 Å². The van der Waals surface area contributed by atoms with E-state index in [1.54, 1.807) is 0 Å². The fourth-order valence-corrected chi connectivity index (χ4v) is 2.83.